The van der Waals surface area contributed by atoms with E-state index in [0.717, 1.165) is 41.1 Å². The van der Waals surface area contributed by atoms with Crippen LogP contribution in [0.4, 0.5) is 15.2 Å². The Hall–Kier alpha value is -2.60. The normalized spacial score (nSPS) is 14.1. The maximum absolute atomic E-state index is 13.7. The zero-order chi connectivity index (χ0) is 18.7. The Morgan fingerprint density at radius 3 is 2.81 bits per heavy atom. The van der Waals surface area contributed by atoms with Gasteiger partial charge in [0.05, 0.1) is 16.8 Å². The lowest BCUT2D eigenvalue weighted by Gasteiger charge is -2.30. The topological polar surface area (TPSA) is 24.3 Å². The number of thiazole rings is 1. The van der Waals surface area contributed by atoms with Crippen molar-refractivity contribution in [2.75, 3.05) is 30.4 Å². The van der Waals surface area contributed by atoms with Crippen molar-refractivity contribution >= 4 is 43.3 Å². The molecule has 0 aliphatic carbocycles. The molecule has 5 rings (SSSR count). The number of halogens is 1. The molecule has 0 atom stereocenters. The highest BCUT2D eigenvalue weighted by molar-refractivity contribution is 7.22. The maximum atomic E-state index is 13.7. The lowest BCUT2D eigenvalue weighted by Crippen LogP contribution is -2.31. The molecule has 4 aromatic rings. The minimum absolute atomic E-state index is 0.163. The highest BCUT2D eigenvalue weighted by atomic mass is 32.1. The molecule has 0 bridgehead atoms. The number of anilines is 2. The Morgan fingerprint density at radius 1 is 1.15 bits per heavy atom. The molecule has 0 saturated carbocycles. The van der Waals surface area contributed by atoms with Crippen molar-refractivity contribution in [3.05, 3.63) is 53.5 Å². The predicted octanol–water partition coefficient (Wildman–Crippen LogP) is 4.56. The summed E-state index contributed by atoms with van der Waals surface area (Å²) in [6.45, 7) is 1.76. The van der Waals surface area contributed by atoms with E-state index < -0.39 is 0 Å². The second kappa shape index (κ2) is 5.96. The molecule has 0 N–H and O–H groups in total. The minimum atomic E-state index is -0.163. The molecule has 0 spiro atoms. The van der Waals surface area contributed by atoms with Gasteiger partial charge in [-0.25, -0.2) is 9.37 Å². The highest BCUT2D eigenvalue weighted by Gasteiger charge is 2.23. The van der Waals surface area contributed by atoms with Gasteiger partial charge < -0.3 is 14.4 Å². The molecule has 3 heterocycles. The largest absolute Gasteiger partial charge is 0.365 e. The van der Waals surface area contributed by atoms with Crippen LogP contribution in [0.25, 0.3) is 21.1 Å². The average Bonchev–Trinajstić information content (AvgIpc) is 3.21. The van der Waals surface area contributed by atoms with Crippen LogP contribution in [0.2, 0.25) is 0 Å². The minimum Gasteiger partial charge on any atom is -0.365 e. The van der Waals surface area contributed by atoms with E-state index >= 15 is 0 Å². The van der Waals surface area contributed by atoms with Gasteiger partial charge in [0.25, 0.3) is 0 Å². The number of nitrogens with zero attached hydrogens (tertiary/aromatic N) is 4. The Kier molecular flexibility index (Phi) is 3.65. The Labute approximate surface area is 161 Å². The standard InChI is InChI=1S/C21H21FN4S/c1-24(2)21-23-17-11-14(5-7-20(17)27-21)26-9-8-15-16-10-13(22)4-6-18(16)25(3)19(15)12-26/h4-7,10-11H,8-9,12H2,1-3H3. The summed E-state index contributed by atoms with van der Waals surface area (Å²) in [5, 5.41) is 2.08. The zero-order valence-corrected chi connectivity index (χ0v) is 16.5. The smallest absolute Gasteiger partial charge is 0.185 e. The fourth-order valence-electron chi connectivity index (χ4n) is 4.04. The molecule has 2 aromatic carbocycles. The summed E-state index contributed by atoms with van der Waals surface area (Å²) in [7, 11) is 6.12. The summed E-state index contributed by atoms with van der Waals surface area (Å²) >= 11 is 1.71. The van der Waals surface area contributed by atoms with Crippen LogP contribution in [0.5, 0.6) is 0 Å². The van der Waals surface area contributed by atoms with E-state index in [0.29, 0.717) is 0 Å². The van der Waals surface area contributed by atoms with Crippen LogP contribution in [0.3, 0.4) is 0 Å². The molecule has 0 radical (unpaired) electrons. The van der Waals surface area contributed by atoms with E-state index in [-0.39, 0.29) is 5.82 Å². The summed E-state index contributed by atoms with van der Waals surface area (Å²) in [6, 6.07) is 11.6. The number of benzene rings is 2. The SMILES string of the molecule is CN(C)c1nc2cc(N3CCc4c(n(C)c5ccc(F)cc45)C3)ccc2s1. The van der Waals surface area contributed by atoms with E-state index in [2.05, 4.69) is 34.7 Å². The number of hydrogen-bond donors (Lipinski definition) is 0. The zero-order valence-electron chi connectivity index (χ0n) is 15.7. The highest BCUT2D eigenvalue weighted by Crippen LogP contribution is 2.35. The van der Waals surface area contributed by atoms with E-state index in [4.69, 9.17) is 4.98 Å². The summed E-state index contributed by atoms with van der Waals surface area (Å²) in [6.07, 6.45) is 0.925. The van der Waals surface area contributed by atoms with Crippen LogP contribution in [0.15, 0.2) is 36.4 Å². The van der Waals surface area contributed by atoms with Gasteiger partial charge in [-0.2, -0.15) is 0 Å². The van der Waals surface area contributed by atoms with Crippen molar-refractivity contribution in [1.82, 2.24) is 9.55 Å². The van der Waals surface area contributed by atoms with Gasteiger partial charge >= 0.3 is 0 Å². The van der Waals surface area contributed by atoms with Crippen LogP contribution < -0.4 is 9.80 Å². The molecular weight excluding hydrogens is 359 g/mol. The van der Waals surface area contributed by atoms with Gasteiger partial charge in [-0.05, 0) is 48.4 Å². The summed E-state index contributed by atoms with van der Waals surface area (Å²) in [5.74, 6) is -0.163. The number of rotatable bonds is 2. The molecule has 0 amide bonds. The third-order valence-electron chi connectivity index (χ3n) is 5.48. The number of hydrogen-bond acceptors (Lipinski definition) is 4. The second-order valence-electron chi connectivity index (χ2n) is 7.36. The van der Waals surface area contributed by atoms with Crippen LogP contribution >= 0.6 is 11.3 Å². The van der Waals surface area contributed by atoms with Crippen molar-refractivity contribution in [3.63, 3.8) is 0 Å². The van der Waals surface area contributed by atoms with Gasteiger partial charge in [0.2, 0.25) is 0 Å². The number of aromatic nitrogens is 2. The van der Waals surface area contributed by atoms with Crippen molar-refractivity contribution in [1.29, 1.82) is 0 Å². The van der Waals surface area contributed by atoms with Crippen molar-refractivity contribution in [2.45, 2.75) is 13.0 Å². The van der Waals surface area contributed by atoms with Crippen LogP contribution in [0, 0.1) is 5.82 Å². The van der Waals surface area contributed by atoms with Crippen molar-refractivity contribution in [3.8, 4) is 0 Å². The van der Waals surface area contributed by atoms with Gasteiger partial charge in [0.1, 0.15) is 5.82 Å². The predicted molar refractivity (Wildman–Crippen MR) is 112 cm³/mol. The monoisotopic (exact) mass is 380 g/mol. The van der Waals surface area contributed by atoms with Gasteiger partial charge in [-0.3, -0.25) is 0 Å². The Bertz CT molecular complexity index is 1170. The summed E-state index contributed by atoms with van der Waals surface area (Å²) in [5.41, 5.74) is 5.90. The molecule has 6 heteroatoms. The first-order valence-corrected chi connectivity index (χ1v) is 9.91. The fourth-order valence-corrected chi connectivity index (χ4v) is 4.91. The molecule has 0 fully saturated rings. The van der Waals surface area contributed by atoms with Crippen LogP contribution in [0.1, 0.15) is 11.3 Å². The van der Waals surface area contributed by atoms with Crippen molar-refractivity contribution < 1.29 is 4.39 Å². The van der Waals surface area contributed by atoms with E-state index in [1.807, 2.05) is 25.1 Å². The molecular formula is C21H21FN4S. The number of fused-ring (bicyclic) bond motifs is 4. The summed E-state index contributed by atoms with van der Waals surface area (Å²) < 4.78 is 17.2. The van der Waals surface area contributed by atoms with Gasteiger partial charge in [0, 0.05) is 50.0 Å². The molecule has 138 valence electrons. The molecule has 1 aliphatic heterocycles. The van der Waals surface area contributed by atoms with Gasteiger partial charge in [-0.1, -0.05) is 11.3 Å². The van der Waals surface area contributed by atoms with Crippen molar-refractivity contribution in [2.24, 2.45) is 7.05 Å². The first-order valence-electron chi connectivity index (χ1n) is 9.10. The molecule has 0 unspecified atom stereocenters. The Morgan fingerprint density at radius 2 is 2.00 bits per heavy atom. The first-order chi connectivity index (χ1) is 13.0. The fraction of sp³-hybridized carbons (Fsp3) is 0.286. The van der Waals surface area contributed by atoms with Crippen LogP contribution in [-0.2, 0) is 20.0 Å². The molecule has 2 aromatic heterocycles. The first kappa shape index (κ1) is 16.6. The summed E-state index contributed by atoms with van der Waals surface area (Å²) in [4.78, 5) is 9.19. The lowest BCUT2D eigenvalue weighted by atomic mass is 10.0. The van der Waals surface area contributed by atoms with E-state index in [1.54, 1.807) is 23.5 Å². The van der Waals surface area contributed by atoms with Gasteiger partial charge in [-0.15, -0.1) is 0 Å². The van der Waals surface area contributed by atoms with Gasteiger partial charge in [0.15, 0.2) is 5.13 Å². The number of aryl methyl sites for hydroxylation is 1. The average molecular weight is 380 g/mol. The maximum Gasteiger partial charge on any atom is 0.185 e. The molecule has 27 heavy (non-hydrogen) atoms. The molecule has 1 aliphatic rings. The van der Waals surface area contributed by atoms with E-state index in [9.17, 15) is 4.39 Å². The van der Waals surface area contributed by atoms with E-state index in [1.165, 1.54) is 21.6 Å². The van der Waals surface area contributed by atoms with Crippen LogP contribution in [-0.4, -0.2) is 30.2 Å². The second-order valence-corrected chi connectivity index (χ2v) is 8.37. The Balaban J connectivity index is 1.53. The third kappa shape index (κ3) is 2.58. The molecule has 0 saturated heterocycles. The third-order valence-corrected chi connectivity index (χ3v) is 6.68. The molecule has 4 nitrogen and oxygen atoms in total. The quantitative estimate of drug-likeness (QED) is 0.510. The lowest BCUT2D eigenvalue weighted by molar-refractivity contribution is 0.629.